The van der Waals surface area contributed by atoms with Gasteiger partial charge in [0.25, 0.3) is 0 Å². The van der Waals surface area contributed by atoms with Crippen molar-refractivity contribution in [1.29, 1.82) is 0 Å². The molecule has 0 saturated heterocycles. The lowest BCUT2D eigenvalue weighted by Crippen LogP contribution is -2.24. The summed E-state index contributed by atoms with van der Waals surface area (Å²) in [7, 11) is 0. The number of halogens is 1. The molecule has 0 radical (unpaired) electrons. The minimum atomic E-state index is -0.397. The normalized spacial score (nSPS) is 15.6. The minimum Gasteiger partial charge on any atom is -0.393 e. The van der Waals surface area contributed by atoms with Gasteiger partial charge in [-0.25, -0.2) is 4.39 Å². The first-order valence-electron chi connectivity index (χ1n) is 6.21. The van der Waals surface area contributed by atoms with Crippen molar-refractivity contribution in [3.8, 4) is 0 Å². The van der Waals surface area contributed by atoms with Gasteiger partial charge >= 0.3 is 0 Å². The molecular formula is C15H23FO. The lowest BCUT2D eigenvalue weighted by molar-refractivity contribution is 0.110. The maximum Gasteiger partial charge on any atom is 0.123 e. The van der Waals surface area contributed by atoms with Crippen molar-refractivity contribution in [3.63, 3.8) is 0 Å². The average Bonchev–Trinajstić information content (AvgIpc) is 2.15. The van der Waals surface area contributed by atoms with E-state index in [0.29, 0.717) is 12.3 Å². The Morgan fingerprint density at radius 1 is 1.29 bits per heavy atom. The van der Waals surface area contributed by atoms with Gasteiger partial charge in [-0.05, 0) is 41.9 Å². The van der Waals surface area contributed by atoms with Gasteiger partial charge in [-0.15, -0.1) is 0 Å². The Balaban J connectivity index is 2.53. The predicted octanol–water partition coefficient (Wildman–Crippen LogP) is 3.80. The molecule has 0 bridgehead atoms. The zero-order chi connectivity index (χ0) is 13.1. The van der Waals surface area contributed by atoms with Gasteiger partial charge < -0.3 is 5.11 Å². The quantitative estimate of drug-likeness (QED) is 0.846. The molecule has 1 nitrogen and oxygen atoms in total. The Morgan fingerprint density at radius 2 is 1.94 bits per heavy atom. The molecule has 0 aliphatic rings. The zero-order valence-corrected chi connectivity index (χ0v) is 11.2. The van der Waals surface area contributed by atoms with Crippen molar-refractivity contribution in [1.82, 2.24) is 0 Å². The van der Waals surface area contributed by atoms with Crippen LogP contribution in [-0.2, 0) is 6.42 Å². The highest BCUT2D eigenvalue weighted by atomic mass is 19.1. The molecular weight excluding hydrogens is 215 g/mol. The van der Waals surface area contributed by atoms with E-state index >= 15 is 0 Å². The fraction of sp³-hybridized carbons (Fsp3) is 0.600. The van der Waals surface area contributed by atoms with Gasteiger partial charge in [0.2, 0.25) is 0 Å². The maximum atomic E-state index is 13.0. The van der Waals surface area contributed by atoms with Crippen molar-refractivity contribution in [2.24, 2.45) is 11.3 Å². The van der Waals surface area contributed by atoms with E-state index in [4.69, 9.17) is 0 Å². The second-order valence-electron chi connectivity index (χ2n) is 5.99. The molecule has 2 heteroatoms. The Morgan fingerprint density at radius 3 is 2.47 bits per heavy atom. The first-order chi connectivity index (χ1) is 7.79. The average molecular weight is 238 g/mol. The SMILES string of the molecule is CC(CC(O)Cc1cccc(F)c1)C(C)(C)C. The summed E-state index contributed by atoms with van der Waals surface area (Å²) in [6.07, 6.45) is 0.879. The zero-order valence-electron chi connectivity index (χ0n) is 11.2. The number of benzene rings is 1. The number of hydrogen-bond acceptors (Lipinski definition) is 1. The fourth-order valence-electron chi connectivity index (χ4n) is 1.78. The first kappa shape index (κ1) is 14.2. The van der Waals surface area contributed by atoms with Crippen molar-refractivity contribution < 1.29 is 9.50 Å². The molecule has 0 spiro atoms. The summed E-state index contributed by atoms with van der Waals surface area (Å²) in [6.45, 7) is 8.67. The molecule has 0 saturated carbocycles. The molecule has 0 heterocycles. The molecule has 1 N–H and O–H groups in total. The molecule has 2 unspecified atom stereocenters. The van der Waals surface area contributed by atoms with Gasteiger partial charge in [-0.2, -0.15) is 0 Å². The molecule has 96 valence electrons. The molecule has 0 fully saturated rings. The van der Waals surface area contributed by atoms with E-state index in [1.54, 1.807) is 6.07 Å². The second kappa shape index (κ2) is 5.63. The summed E-state index contributed by atoms with van der Waals surface area (Å²) in [5, 5.41) is 10.0. The lowest BCUT2D eigenvalue weighted by atomic mass is 9.78. The number of aliphatic hydroxyl groups excluding tert-OH is 1. The van der Waals surface area contributed by atoms with Crippen LogP contribution in [0.25, 0.3) is 0 Å². The molecule has 1 aromatic rings. The van der Waals surface area contributed by atoms with Gasteiger partial charge in [0.05, 0.1) is 6.10 Å². The standard InChI is InChI=1S/C15H23FO/c1-11(15(2,3)4)8-14(17)10-12-6-5-7-13(16)9-12/h5-7,9,11,14,17H,8,10H2,1-4H3. The van der Waals surface area contributed by atoms with E-state index in [2.05, 4.69) is 27.7 Å². The van der Waals surface area contributed by atoms with Gasteiger partial charge in [0, 0.05) is 0 Å². The number of rotatable bonds is 4. The van der Waals surface area contributed by atoms with Crippen LogP contribution in [0.2, 0.25) is 0 Å². The number of hydrogen-bond donors (Lipinski definition) is 1. The first-order valence-corrected chi connectivity index (χ1v) is 6.21. The van der Waals surface area contributed by atoms with E-state index in [9.17, 15) is 9.50 Å². The third-order valence-corrected chi connectivity index (χ3v) is 3.46. The van der Waals surface area contributed by atoms with E-state index in [-0.39, 0.29) is 11.2 Å². The molecule has 1 rings (SSSR count). The van der Waals surface area contributed by atoms with Crippen LogP contribution >= 0.6 is 0 Å². The third-order valence-electron chi connectivity index (χ3n) is 3.46. The maximum absolute atomic E-state index is 13.0. The number of aliphatic hydroxyl groups is 1. The highest BCUT2D eigenvalue weighted by molar-refractivity contribution is 5.17. The van der Waals surface area contributed by atoms with E-state index in [1.807, 2.05) is 6.07 Å². The Bertz CT molecular complexity index is 354. The van der Waals surface area contributed by atoms with Crippen LogP contribution in [0.3, 0.4) is 0 Å². The van der Waals surface area contributed by atoms with Crippen LogP contribution in [0.1, 0.15) is 39.7 Å². The van der Waals surface area contributed by atoms with Crippen LogP contribution < -0.4 is 0 Å². The predicted molar refractivity (Wildman–Crippen MR) is 69.3 cm³/mol. The molecule has 0 aliphatic carbocycles. The largest absolute Gasteiger partial charge is 0.393 e. The smallest absolute Gasteiger partial charge is 0.123 e. The third kappa shape index (κ3) is 4.86. The summed E-state index contributed by atoms with van der Waals surface area (Å²) >= 11 is 0. The topological polar surface area (TPSA) is 20.2 Å². The molecule has 0 aliphatic heterocycles. The van der Waals surface area contributed by atoms with Crippen LogP contribution in [0.4, 0.5) is 4.39 Å². The monoisotopic (exact) mass is 238 g/mol. The van der Waals surface area contributed by atoms with E-state index < -0.39 is 6.10 Å². The van der Waals surface area contributed by atoms with Crippen LogP contribution in [0.15, 0.2) is 24.3 Å². The Hall–Kier alpha value is -0.890. The van der Waals surface area contributed by atoms with Gasteiger partial charge in [-0.1, -0.05) is 39.8 Å². The van der Waals surface area contributed by atoms with Gasteiger partial charge in [0.15, 0.2) is 0 Å². The molecule has 1 aromatic carbocycles. The van der Waals surface area contributed by atoms with Crippen LogP contribution in [-0.4, -0.2) is 11.2 Å². The molecule has 0 aromatic heterocycles. The van der Waals surface area contributed by atoms with Crippen molar-refractivity contribution >= 4 is 0 Å². The Kier molecular flexibility index (Phi) is 4.70. The highest BCUT2D eigenvalue weighted by Crippen LogP contribution is 2.29. The van der Waals surface area contributed by atoms with Crippen LogP contribution in [0.5, 0.6) is 0 Å². The second-order valence-corrected chi connectivity index (χ2v) is 5.99. The van der Waals surface area contributed by atoms with Crippen LogP contribution in [0, 0.1) is 17.2 Å². The summed E-state index contributed by atoms with van der Waals surface area (Å²) in [5.74, 6) is 0.199. The molecule has 17 heavy (non-hydrogen) atoms. The van der Waals surface area contributed by atoms with Gasteiger partial charge in [-0.3, -0.25) is 0 Å². The van der Waals surface area contributed by atoms with E-state index in [0.717, 1.165) is 12.0 Å². The van der Waals surface area contributed by atoms with Crippen molar-refractivity contribution in [2.75, 3.05) is 0 Å². The summed E-state index contributed by atoms with van der Waals surface area (Å²) in [6, 6.07) is 6.46. The summed E-state index contributed by atoms with van der Waals surface area (Å²) in [5.41, 5.74) is 1.06. The molecule has 2 atom stereocenters. The summed E-state index contributed by atoms with van der Waals surface area (Å²) < 4.78 is 13.0. The fourth-order valence-corrected chi connectivity index (χ4v) is 1.78. The lowest BCUT2D eigenvalue weighted by Gasteiger charge is -2.29. The summed E-state index contributed by atoms with van der Waals surface area (Å²) in [4.78, 5) is 0. The van der Waals surface area contributed by atoms with E-state index in [1.165, 1.54) is 12.1 Å². The highest BCUT2D eigenvalue weighted by Gasteiger charge is 2.22. The van der Waals surface area contributed by atoms with Gasteiger partial charge in [0.1, 0.15) is 5.82 Å². The minimum absolute atomic E-state index is 0.197. The van der Waals surface area contributed by atoms with Crippen molar-refractivity contribution in [2.45, 2.75) is 46.6 Å². The Labute approximate surface area is 104 Å². The molecule has 0 amide bonds. The van der Waals surface area contributed by atoms with Crippen molar-refractivity contribution in [3.05, 3.63) is 35.6 Å².